The van der Waals surface area contributed by atoms with Gasteiger partial charge in [0, 0.05) is 13.2 Å². The van der Waals surface area contributed by atoms with Crippen molar-refractivity contribution in [3.63, 3.8) is 0 Å². The van der Waals surface area contributed by atoms with Crippen LogP contribution in [-0.2, 0) is 9.53 Å². The SMILES string of the molecule is CC(NC(=O)NCCC(C)(C)C(=O)O)C1CCCCO1. The van der Waals surface area contributed by atoms with E-state index in [9.17, 15) is 9.59 Å². The lowest BCUT2D eigenvalue weighted by Crippen LogP contribution is -2.48. The predicted molar refractivity (Wildman–Crippen MR) is 75.6 cm³/mol. The summed E-state index contributed by atoms with van der Waals surface area (Å²) in [5.74, 6) is -0.858. The van der Waals surface area contributed by atoms with Crippen LogP contribution in [0.5, 0.6) is 0 Å². The van der Waals surface area contributed by atoms with E-state index in [-0.39, 0.29) is 18.2 Å². The Bertz CT molecular complexity index is 338. The Kier molecular flexibility index (Phi) is 6.26. The summed E-state index contributed by atoms with van der Waals surface area (Å²) in [6.45, 7) is 6.31. The van der Waals surface area contributed by atoms with Crippen LogP contribution < -0.4 is 10.6 Å². The summed E-state index contributed by atoms with van der Waals surface area (Å²) >= 11 is 0. The zero-order chi connectivity index (χ0) is 15.2. The van der Waals surface area contributed by atoms with Gasteiger partial charge < -0.3 is 20.5 Å². The number of ether oxygens (including phenoxy) is 1. The van der Waals surface area contributed by atoms with E-state index >= 15 is 0 Å². The number of carbonyl (C=O) groups is 2. The van der Waals surface area contributed by atoms with Crippen molar-refractivity contribution in [2.45, 2.75) is 58.6 Å². The fourth-order valence-electron chi connectivity index (χ4n) is 2.11. The van der Waals surface area contributed by atoms with E-state index in [1.165, 1.54) is 0 Å². The predicted octanol–water partition coefficient (Wildman–Crippen LogP) is 1.74. The quantitative estimate of drug-likeness (QED) is 0.694. The highest BCUT2D eigenvalue weighted by Crippen LogP contribution is 2.19. The average Bonchev–Trinajstić information content (AvgIpc) is 2.39. The number of amides is 2. The standard InChI is InChI=1S/C14H26N2O4/c1-10(11-6-4-5-9-20-11)16-13(19)15-8-7-14(2,3)12(17)18/h10-11H,4-9H2,1-3H3,(H,17,18)(H2,15,16,19). The Labute approximate surface area is 120 Å². The van der Waals surface area contributed by atoms with Gasteiger partial charge in [0.1, 0.15) is 0 Å². The Morgan fingerprint density at radius 1 is 1.40 bits per heavy atom. The van der Waals surface area contributed by atoms with Crippen LogP contribution in [0.25, 0.3) is 0 Å². The molecule has 1 fully saturated rings. The number of hydrogen-bond donors (Lipinski definition) is 3. The molecule has 0 saturated carbocycles. The molecule has 0 spiro atoms. The molecule has 1 heterocycles. The van der Waals surface area contributed by atoms with Crippen LogP contribution in [0.2, 0.25) is 0 Å². The lowest BCUT2D eigenvalue weighted by atomic mass is 9.90. The van der Waals surface area contributed by atoms with Gasteiger partial charge in [0.15, 0.2) is 0 Å². The molecule has 1 saturated heterocycles. The molecule has 2 atom stereocenters. The Morgan fingerprint density at radius 2 is 2.10 bits per heavy atom. The van der Waals surface area contributed by atoms with Crippen molar-refractivity contribution < 1.29 is 19.4 Å². The smallest absolute Gasteiger partial charge is 0.315 e. The van der Waals surface area contributed by atoms with E-state index in [1.54, 1.807) is 13.8 Å². The van der Waals surface area contributed by atoms with Gasteiger partial charge in [0.05, 0.1) is 17.6 Å². The van der Waals surface area contributed by atoms with Gasteiger partial charge in [-0.05, 0) is 46.5 Å². The van der Waals surface area contributed by atoms with Gasteiger partial charge in [0.25, 0.3) is 0 Å². The topological polar surface area (TPSA) is 87.7 Å². The molecule has 1 rings (SSSR count). The monoisotopic (exact) mass is 286 g/mol. The highest BCUT2D eigenvalue weighted by molar-refractivity contribution is 5.75. The number of hydrogen-bond acceptors (Lipinski definition) is 3. The molecule has 1 aliphatic rings. The number of urea groups is 1. The first kappa shape index (κ1) is 16.8. The minimum absolute atomic E-state index is 0.0391. The summed E-state index contributed by atoms with van der Waals surface area (Å²) in [5.41, 5.74) is -0.828. The largest absolute Gasteiger partial charge is 0.481 e. The van der Waals surface area contributed by atoms with Crippen LogP contribution in [0.1, 0.15) is 46.5 Å². The Morgan fingerprint density at radius 3 is 2.65 bits per heavy atom. The molecule has 6 nitrogen and oxygen atoms in total. The summed E-state index contributed by atoms with van der Waals surface area (Å²) in [5, 5.41) is 14.5. The molecule has 0 aromatic carbocycles. The fourth-order valence-corrected chi connectivity index (χ4v) is 2.11. The molecule has 1 aliphatic heterocycles. The number of rotatable bonds is 6. The number of aliphatic carboxylic acids is 1. The van der Waals surface area contributed by atoms with Crippen LogP contribution in [-0.4, -0.2) is 42.4 Å². The molecule has 0 radical (unpaired) electrons. The van der Waals surface area contributed by atoms with Crippen LogP contribution in [0.15, 0.2) is 0 Å². The maximum Gasteiger partial charge on any atom is 0.315 e. The second-order valence-electron chi connectivity index (χ2n) is 6.03. The molecule has 0 aromatic heterocycles. The minimum atomic E-state index is -0.858. The van der Waals surface area contributed by atoms with Gasteiger partial charge in [-0.15, -0.1) is 0 Å². The fraction of sp³-hybridized carbons (Fsp3) is 0.857. The van der Waals surface area contributed by atoms with E-state index in [0.717, 1.165) is 25.9 Å². The van der Waals surface area contributed by atoms with Crippen molar-refractivity contribution in [2.75, 3.05) is 13.2 Å². The molecule has 3 N–H and O–H groups in total. The van der Waals surface area contributed by atoms with E-state index in [0.29, 0.717) is 13.0 Å². The summed E-state index contributed by atoms with van der Waals surface area (Å²) in [7, 11) is 0. The molecule has 2 amide bonds. The minimum Gasteiger partial charge on any atom is -0.481 e. The number of carboxylic acids is 1. The molecule has 0 aliphatic carbocycles. The van der Waals surface area contributed by atoms with Crippen molar-refractivity contribution in [1.82, 2.24) is 10.6 Å². The third-order valence-electron chi connectivity index (χ3n) is 3.75. The van der Waals surface area contributed by atoms with Gasteiger partial charge in [0.2, 0.25) is 0 Å². The lowest BCUT2D eigenvalue weighted by Gasteiger charge is -2.28. The van der Waals surface area contributed by atoms with Crippen molar-refractivity contribution in [1.29, 1.82) is 0 Å². The molecule has 6 heteroatoms. The summed E-state index contributed by atoms with van der Waals surface area (Å²) in [6.07, 6.45) is 3.65. The maximum atomic E-state index is 11.7. The summed E-state index contributed by atoms with van der Waals surface area (Å²) in [4.78, 5) is 22.7. The van der Waals surface area contributed by atoms with Gasteiger partial charge in [-0.3, -0.25) is 4.79 Å². The second kappa shape index (κ2) is 7.47. The summed E-state index contributed by atoms with van der Waals surface area (Å²) in [6, 6.07) is -0.310. The molecule has 116 valence electrons. The first-order chi connectivity index (χ1) is 9.33. The molecule has 0 aromatic rings. The third-order valence-corrected chi connectivity index (χ3v) is 3.75. The van der Waals surface area contributed by atoms with Crippen molar-refractivity contribution in [3.05, 3.63) is 0 Å². The first-order valence-corrected chi connectivity index (χ1v) is 7.22. The lowest BCUT2D eigenvalue weighted by molar-refractivity contribution is -0.147. The normalized spacial score (nSPS) is 21.1. The van der Waals surface area contributed by atoms with Crippen LogP contribution in [0, 0.1) is 5.41 Å². The van der Waals surface area contributed by atoms with E-state index in [2.05, 4.69) is 10.6 Å². The second-order valence-corrected chi connectivity index (χ2v) is 6.03. The molecule has 0 bridgehead atoms. The van der Waals surface area contributed by atoms with E-state index < -0.39 is 11.4 Å². The van der Waals surface area contributed by atoms with E-state index in [4.69, 9.17) is 9.84 Å². The highest BCUT2D eigenvalue weighted by Gasteiger charge is 2.27. The van der Waals surface area contributed by atoms with Gasteiger partial charge in [-0.2, -0.15) is 0 Å². The average molecular weight is 286 g/mol. The van der Waals surface area contributed by atoms with Gasteiger partial charge >= 0.3 is 12.0 Å². The van der Waals surface area contributed by atoms with Crippen molar-refractivity contribution in [2.24, 2.45) is 5.41 Å². The van der Waals surface area contributed by atoms with Crippen molar-refractivity contribution in [3.8, 4) is 0 Å². The van der Waals surface area contributed by atoms with Crippen LogP contribution >= 0.6 is 0 Å². The number of nitrogens with one attached hydrogen (secondary N) is 2. The molecule has 2 unspecified atom stereocenters. The van der Waals surface area contributed by atoms with Gasteiger partial charge in [-0.25, -0.2) is 4.79 Å². The molecular weight excluding hydrogens is 260 g/mol. The zero-order valence-corrected chi connectivity index (χ0v) is 12.6. The Balaban J connectivity index is 2.24. The Hall–Kier alpha value is -1.30. The molecule has 20 heavy (non-hydrogen) atoms. The van der Waals surface area contributed by atoms with E-state index in [1.807, 2.05) is 6.92 Å². The van der Waals surface area contributed by atoms with Crippen LogP contribution in [0.3, 0.4) is 0 Å². The summed E-state index contributed by atoms with van der Waals surface area (Å²) < 4.78 is 5.61. The third kappa shape index (κ3) is 5.36. The first-order valence-electron chi connectivity index (χ1n) is 7.22. The highest BCUT2D eigenvalue weighted by atomic mass is 16.5. The van der Waals surface area contributed by atoms with Gasteiger partial charge in [-0.1, -0.05) is 0 Å². The van der Waals surface area contributed by atoms with Crippen LogP contribution in [0.4, 0.5) is 4.79 Å². The maximum absolute atomic E-state index is 11.7. The van der Waals surface area contributed by atoms with Crippen molar-refractivity contribution >= 4 is 12.0 Å². The number of carboxylic acid groups (broad SMARTS) is 1. The number of carbonyl (C=O) groups excluding carboxylic acids is 1. The molecular formula is C14H26N2O4. The zero-order valence-electron chi connectivity index (χ0n) is 12.6.